The van der Waals surface area contributed by atoms with Gasteiger partial charge >= 0.3 is 5.97 Å². The zero-order chi connectivity index (χ0) is 13.7. The van der Waals surface area contributed by atoms with Crippen molar-refractivity contribution in [3.8, 4) is 5.75 Å². The Kier molecular flexibility index (Phi) is 5.16. The number of carbonyl (C=O) groups is 1. The molecule has 0 spiro atoms. The lowest BCUT2D eigenvalue weighted by Crippen LogP contribution is -2.31. The van der Waals surface area contributed by atoms with Gasteiger partial charge in [0.05, 0.1) is 7.11 Å². The molecule has 4 nitrogen and oxygen atoms in total. The summed E-state index contributed by atoms with van der Waals surface area (Å²) >= 11 is 0. The van der Waals surface area contributed by atoms with Gasteiger partial charge in [0.1, 0.15) is 11.8 Å². The van der Waals surface area contributed by atoms with Gasteiger partial charge in [-0.15, -0.1) is 0 Å². The Morgan fingerprint density at radius 3 is 2.56 bits per heavy atom. The van der Waals surface area contributed by atoms with E-state index < -0.39 is 12.0 Å². The summed E-state index contributed by atoms with van der Waals surface area (Å²) in [6, 6.07) is 4.78. The van der Waals surface area contributed by atoms with E-state index in [4.69, 9.17) is 4.74 Å². The van der Waals surface area contributed by atoms with Crippen molar-refractivity contribution in [3.05, 3.63) is 29.3 Å². The molecule has 0 aromatic heterocycles. The van der Waals surface area contributed by atoms with Crippen molar-refractivity contribution in [1.82, 2.24) is 5.32 Å². The monoisotopic (exact) mass is 251 g/mol. The summed E-state index contributed by atoms with van der Waals surface area (Å²) in [5.74, 6) is 0.318. The molecule has 0 aliphatic heterocycles. The van der Waals surface area contributed by atoms with Crippen LogP contribution in [0.3, 0.4) is 0 Å². The summed E-state index contributed by atoms with van der Waals surface area (Å²) in [6.07, 6.45) is 0. The van der Waals surface area contributed by atoms with Gasteiger partial charge in [-0.05, 0) is 36.6 Å². The molecule has 4 heteroatoms. The topological polar surface area (TPSA) is 58.6 Å². The SMILES string of the molecule is COc1ccc(C(NCC(C)C)C(=O)O)cc1C. The second-order valence-corrected chi connectivity index (χ2v) is 4.80. The van der Waals surface area contributed by atoms with Gasteiger partial charge in [0, 0.05) is 0 Å². The molecule has 0 saturated carbocycles. The van der Waals surface area contributed by atoms with E-state index in [9.17, 15) is 9.90 Å². The second kappa shape index (κ2) is 6.40. The van der Waals surface area contributed by atoms with Gasteiger partial charge in [-0.25, -0.2) is 0 Å². The van der Waals surface area contributed by atoms with Crippen molar-refractivity contribution < 1.29 is 14.6 Å². The fraction of sp³-hybridized carbons (Fsp3) is 0.500. The number of methoxy groups -OCH3 is 1. The average Bonchev–Trinajstić information content (AvgIpc) is 2.28. The van der Waals surface area contributed by atoms with Crippen LogP contribution in [-0.2, 0) is 4.79 Å². The fourth-order valence-electron chi connectivity index (χ4n) is 1.78. The Bertz CT molecular complexity index is 416. The number of aryl methyl sites for hydroxylation is 1. The summed E-state index contributed by atoms with van der Waals surface area (Å²) in [6.45, 7) is 6.67. The van der Waals surface area contributed by atoms with Crippen molar-refractivity contribution in [2.75, 3.05) is 13.7 Å². The van der Waals surface area contributed by atoms with Crippen molar-refractivity contribution in [2.45, 2.75) is 26.8 Å². The Labute approximate surface area is 108 Å². The maximum atomic E-state index is 11.3. The van der Waals surface area contributed by atoms with Crippen LogP contribution >= 0.6 is 0 Å². The van der Waals surface area contributed by atoms with E-state index in [0.717, 1.165) is 16.9 Å². The van der Waals surface area contributed by atoms with Gasteiger partial charge in [0.2, 0.25) is 0 Å². The lowest BCUT2D eigenvalue weighted by atomic mass is 10.0. The van der Waals surface area contributed by atoms with E-state index in [1.807, 2.05) is 26.8 Å². The molecular formula is C14H21NO3. The van der Waals surface area contributed by atoms with E-state index in [1.165, 1.54) is 0 Å². The molecule has 0 radical (unpaired) electrons. The van der Waals surface area contributed by atoms with E-state index in [2.05, 4.69) is 5.32 Å². The van der Waals surface area contributed by atoms with Gasteiger partial charge in [-0.3, -0.25) is 4.79 Å². The molecule has 1 aromatic carbocycles. The first-order valence-corrected chi connectivity index (χ1v) is 6.06. The number of benzene rings is 1. The molecule has 0 saturated heterocycles. The smallest absolute Gasteiger partial charge is 0.325 e. The number of carboxylic acids is 1. The number of hydrogen-bond donors (Lipinski definition) is 2. The van der Waals surface area contributed by atoms with Crippen LogP contribution in [-0.4, -0.2) is 24.7 Å². The summed E-state index contributed by atoms with van der Waals surface area (Å²) in [4.78, 5) is 11.3. The summed E-state index contributed by atoms with van der Waals surface area (Å²) in [5, 5.41) is 12.3. The van der Waals surface area contributed by atoms with E-state index >= 15 is 0 Å². The highest BCUT2D eigenvalue weighted by molar-refractivity contribution is 5.75. The van der Waals surface area contributed by atoms with Gasteiger partial charge in [-0.1, -0.05) is 26.0 Å². The van der Waals surface area contributed by atoms with Gasteiger partial charge < -0.3 is 15.2 Å². The minimum Gasteiger partial charge on any atom is -0.496 e. The highest BCUT2D eigenvalue weighted by Gasteiger charge is 2.20. The van der Waals surface area contributed by atoms with Crippen LogP contribution in [0.5, 0.6) is 5.75 Å². The van der Waals surface area contributed by atoms with Crippen molar-refractivity contribution >= 4 is 5.97 Å². The lowest BCUT2D eigenvalue weighted by molar-refractivity contribution is -0.139. The largest absolute Gasteiger partial charge is 0.496 e. The highest BCUT2D eigenvalue weighted by Crippen LogP contribution is 2.22. The van der Waals surface area contributed by atoms with Gasteiger partial charge in [0.15, 0.2) is 0 Å². The van der Waals surface area contributed by atoms with Crippen LogP contribution < -0.4 is 10.1 Å². The molecule has 0 bridgehead atoms. The van der Waals surface area contributed by atoms with E-state index in [1.54, 1.807) is 19.2 Å². The molecule has 1 atom stereocenters. The first-order valence-electron chi connectivity index (χ1n) is 6.06. The predicted molar refractivity (Wildman–Crippen MR) is 70.9 cm³/mol. The van der Waals surface area contributed by atoms with Crippen molar-refractivity contribution in [2.24, 2.45) is 5.92 Å². The van der Waals surface area contributed by atoms with E-state index in [0.29, 0.717) is 12.5 Å². The minimum atomic E-state index is -0.861. The quantitative estimate of drug-likeness (QED) is 0.815. The third kappa shape index (κ3) is 3.74. The average molecular weight is 251 g/mol. The molecule has 100 valence electrons. The van der Waals surface area contributed by atoms with Crippen LogP contribution in [0.2, 0.25) is 0 Å². The molecule has 0 fully saturated rings. The molecule has 1 unspecified atom stereocenters. The number of rotatable bonds is 6. The van der Waals surface area contributed by atoms with Crippen molar-refractivity contribution in [1.29, 1.82) is 0 Å². The lowest BCUT2D eigenvalue weighted by Gasteiger charge is -2.17. The molecule has 0 amide bonds. The highest BCUT2D eigenvalue weighted by atomic mass is 16.5. The van der Waals surface area contributed by atoms with Crippen LogP contribution in [0.25, 0.3) is 0 Å². The summed E-state index contributed by atoms with van der Waals surface area (Å²) in [5.41, 5.74) is 1.69. The molecule has 0 heterocycles. The zero-order valence-corrected chi connectivity index (χ0v) is 11.4. The first kappa shape index (κ1) is 14.5. The third-order valence-corrected chi connectivity index (χ3v) is 2.73. The van der Waals surface area contributed by atoms with E-state index in [-0.39, 0.29) is 0 Å². The Hall–Kier alpha value is -1.55. The maximum Gasteiger partial charge on any atom is 0.325 e. The van der Waals surface area contributed by atoms with Gasteiger partial charge in [-0.2, -0.15) is 0 Å². The van der Waals surface area contributed by atoms with Crippen LogP contribution in [0.4, 0.5) is 0 Å². The standard InChI is InChI=1S/C14H21NO3/c1-9(2)8-15-13(14(16)17)11-5-6-12(18-4)10(3)7-11/h5-7,9,13,15H,8H2,1-4H3,(H,16,17). The number of carboxylic acid groups (broad SMARTS) is 1. The van der Waals surface area contributed by atoms with Crippen LogP contribution in [0.15, 0.2) is 18.2 Å². The Balaban J connectivity index is 2.92. The number of ether oxygens (including phenoxy) is 1. The summed E-state index contributed by atoms with van der Waals surface area (Å²) < 4.78 is 5.17. The second-order valence-electron chi connectivity index (χ2n) is 4.80. The van der Waals surface area contributed by atoms with Crippen molar-refractivity contribution in [3.63, 3.8) is 0 Å². The molecular weight excluding hydrogens is 230 g/mol. The minimum absolute atomic E-state index is 0.409. The normalized spacial score (nSPS) is 12.5. The predicted octanol–water partition coefficient (Wildman–Crippen LogP) is 2.37. The maximum absolute atomic E-state index is 11.3. The number of nitrogens with one attached hydrogen (secondary N) is 1. The molecule has 1 aromatic rings. The molecule has 18 heavy (non-hydrogen) atoms. The Morgan fingerprint density at radius 1 is 1.44 bits per heavy atom. The summed E-state index contributed by atoms with van der Waals surface area (Å²) in [7, 11) is 1.60. The molecule has 1 rings (SSSR count). The number of hydrogen-bond acceptors (Lipinski definition) is 3. The molecule has 2 N–H and O–H groups in total. The Morgan fingerprint density at radius 2 is 2.11 bits per heavy atom. The number of aliphatic carboxylic acids is 1. The first-order chi connectivity index (χ1) is 8.45. The molecule has 0 aliphatic carbocycles. The van der Waals surface area contributed by atoms with Gasteiger partial charge in [0.25, 0.3) is 0 Å². The van der Waals surface area contributed by atoms with Crippen LogP contribution in [0.1, 0.15) is 31.0 Å². The van der Waals surface area contributed by atoms with Crippen LogP contribution in [0, 0.1) is 12.8 Å². The zero-order valence-electron chi connectivity index (χ0n) is 11.4. The third-order valence-electron chi connectivity index (χ3n) is 2.73. The molecule has 0 aliphatic rings. The fourth-order valence-corrected chi connectivity index (χ4v) is 1.78.